The molecule has 21 heavy (non-hydrogen) atoms. The molecule has 3 amide bonds. The zero-order valence-electron chi connectivity index (χ0n) is 11.1. The third-order valence-corrected chi connectivity index (χ3v) is 3.15. The lowest BCUT2D eigenvalue weighted by Crippen LogP contribution is -2.36. The van der Waals surface area contributed by atoms with Crippen molar-refractivity contribution in [2.45, 2.75) is 6.04 Å². The van der Waals surface area contributed by atoms with Crippen LogP contribution in [0.5, 0.6) is 0 Å². The SMILES string of the molecule is O=C1NC(=O)N(c2ccccc2)C1C=Nc1ccccc1. The van der Waals surface area contributed by atoms with Gasteiger partial charge in [0.15, 0.2) is 6.04 Å². The van der Waals surface area contributed by atoms with E-state index in [2.05, 4.69) is 10.3 Å². The Morgan fingerprint density at radius 3 is 2.24 bits per heavy atom. The second-order valence-corrected chi connectivity index (χ2v) is 4.56. The minimum atomic E-state index is -0.736. The topological polar surface area (TPSA) is 61.8 Å². The number of imide groups is 1. The molecule has 1 heterocycles. The molecule has 1 aliphatic heterocycles. The number of benzene rings is 2. The molecule has 1 fully saturated rings. The Labute approximate surface area is 121 Å². The van der Waals surface area contributed by atoms with Crippen LogP contribution in [-0.4, -0.2) is 24.2 Å². The van der Waals surface area contributed by atoms with Gasteiger partial charge in [0.25, 0.3) is 5.91 Å². The highest BCUT2D eigenvalue weighted by Crippen LogP contribution is 2.20. The number of anilines is 1. The van der Waals surface area contributed by atoms with Crippen molar-refractivity contribution in [3.63, 3.8) is 0 Å². The molecule has 0 spiro atoms. The summed E-state index contributed by atoms with van der Waals surface area (Å²) in [5, 5.41) is 2.31. The van der Waals surface area contributed by atoms with Gasteiger partial charge in [0, 0.05) is 11.9 Å². The molecule has 1 unspecified atom stereocenters. The Bertz CT molecular complexity index is 683. The molecule has 3 rings (SSSR count). The maximum absolute atomic E-state index is 11.9. The molecular weight excluding hydrogens is 266 g/mol. The molecule has 0 saturated carbocycles. The summed E-state index contributed by atoms with van der Waals surface area (Å²) in [6.45, 7) is 0. The molecule has 0 bridgehead atoms. The average Bonchev–Trinajstić information content (AvgIpc) is 2.81. The van der Waals surface area contributed by atoms with Gasteiger partial charge >= 0.3 is 6.03 Å². The Kier molecular flexibility index (Phi) is 3.47. The summed E-state index contributed by atoms with van der Waals surface area (Å²) in [7, 11) is 0. The molecule has 5 heteroatoms. The van der Waals surface area contributed by atoms with E-state index in [4.69, 9.17) is 0 Å². The first-order chi connectivity index (χ1) is 10.3. The van der Waals surface area contributed by atoms with E-state index in [9.17, 15) is 9.59 Å². The summed E-state index contributed by atoms with van der Waals surface area (Å²) in [6.07, 6.45) is 1.49. The lowest BCUT2D eigenvalue weighted by Gasteiger charge is -2.18. The van der Waals surface area contributed by atoms with Crippen LogP contribution in [0.15, 0.2) is 65.7 Å². The van der Waals surface area contributed by atoms with E-state index < -0.39 is 12.1 Å². The van der Waals surface area contributed by atoms with Gasteiger partial charge in [0.2, 0.25) is 0 Å². The van der Waals surface area contributed by atoms with Gasteiger partial charge in [-0.25, -0.2) is 4.79 Å². The minimum Gasteiger partial charge on any atom is -0.277 e. The van der Waals surface area contributed by atoms with Crippen molar-refractivity contribution in [1.82, 2.24) is 5.32 Å². The predicted octanol–water partition coefficient (Wildman–Crippen LogP) is 2.51. The molecule has 1 atom stereocenters. The van der Waals surface area contributed by atoms with Crippen LogP contribution in [0.1, 0.15) is 0 Å². The summed E-state index contributed by atoms with van der Waals surface area (Å²) in [5.41, 5.74) is 1.39. The van der Waals surface area contributed by atoms with E-state index in [0.717, 1.165) is 5.69 Å². The number of nitrogens with zero attached hydrogens (tertiary/aromatic N) is 2. The Balaban J connectivity index is 1.90. The predicted molar refractivity (Wildman–Crippen MR) is 80.8 cm³/mol. The molecule has 0 aliphatic carbocycles. The summed E-state index contributed by atoms with van der Waals surface area (Å²) >= 11 is 0. The maximum atomic E-state index is 11.9. The van der Waals surface area contributed by atoms with Crippen LogP contribution in [0.4, 0.5) is 16.2 Å². The van der Waals surface area contributed by atoms with Crippen molar-refractivity contribution in [3.05, 3.63) is 60.7 Å². The average molecular weight is 279 g/mol. The van der Waals surface area contributed by atoms with Crippen LogP contribution < -0.4 is 10.2 Å². The van der Waals surface area contributed by atoms with Gasteiger partial charge in [0.1, 0.15) is 0 Å². The minimum absolute atomic E-state index is 0.372. The Hall–Kier alpha value is -2.95. The lowest BCUT2D eigenvalue weighted by atomic mass is 10.2. The number of hydrogen-bond acceptors (Lipinski definition) is 3. The maximum Gasteiger partial charge on any atom is 0.329 e. The highest BCUT2D eigenvalue weighted by atomic mass is 16.2. The van der Waals surface area contributed by atoms with Crippen LogP contribution in [-0.2, 0) is 4.79 Å². The van der Waals surface area contributed by atoms with Crippen LogP contribution in [0.2, 0.25) is 0 Å². The third-order valence-electron chi connectivity index (χ3n) is 3.15. The van der Waals surface area contributed by atoms with Gasteiger partial charge in [0.05, 0.1) is 5.69 Å². The Morgan fingerprint density at radius 2 is 1.57 bits per heavy atom. The molecule has 104 valence electrons. The fraction of sp³-hybridized carbons (Fsp3) is 0.0625. The first-order valence-corrected chi connectivity index (χ1v) is 6.54. The normalized spacial score (nSPS) is 18.3. The van der Waals surface area contributed by atoms with E-state index >= 15 is 0 Å². The van der Waals surface area contributed by atoms with Gasteiger partial charge in [-0.1, -0.05) is 36.4 Å². The highest BCUT2D eigenvalue weighted by Gasteiger charge is 2.38. The molecule has 1 aliphatic rings. The molecule has 1 saturated heterocycles. The van der Waals surface area contributed by atoms with E-state index in [1.165, 1.54) is 11.1 Å². The van der Waals surface area contributed by atoms with Gasteiger partial charge in [-0.2, -0.15) is 0 Å². The number of aliphatic imine (C=N–C) groups is 1. The van der Waals surface area contributed by atoms with Crippen LogP contribution >= 0.6 is 0 Å². The molecule has 0 aromatic heterocycles. The fourth-order valence-corrected chi connectivity index (χ4v) is 2.15. The second-order valence-electron chi connectivity index (χ2n) is 4.56. The molecule has 0 radical (unpaired) electrons. The monoisotopic (exact) mass is 279 g/mol. The van der Waals surface area contributed by atoms with E-state index in [0.29, 0.717) is 5.69 Å². The standard InChI is InChI=1S/C16H13N3O2/c20-15-14(11-17-12-7-3-1-4-8-12)19(16(21)18-15)13-9-5-2-6-10-13/h1-11,14H,(H,18,20,21). The quantitative estimate of drug-likeness (QED) is 0.693. The summed E-state index contributed by atoms with van der Waals surface area (Å²) in [4.78, 5) is 29.5. The van der Waals surface area contributed by atoms with Crippen molar-refractivity contribution in [2.75, 3.05) is 4.90 Å². The zero-order chi connectivity index (χ0) is 14.7. The van der Waals surface area contributed by atoms with Crippen molar-refractivity contribution in [2.24, 2.45) is 4.99 Å². The van der Waals surface area contributed by atoms with Crippen molar-refractivity contribution in [3.8, 4) is 0 Å². The van der Waals surface area contributed by atoms with Gasteiger partial charge in [-0.3, -0.25) is 20.0 Å². The van der Waals surface area contributed by atoms with Crippen molar-refractivity contribution >= 4 is 29.5 Å². The number of nitrogens with one attached hydrogen (secondary N) is 1. The first-order valence-electron chi connectivity index (χ1n) is 6.54. The van der Waals surface area contributed by atoms with E-state index in [1.807, 2.05) is 48.5 Å². The number of carbonyl (C=O) groups excluding carboxylic acids is 2. The fourth-order valence-electron chi connectivity index (χ4n) is 2.15. The van der Waals surface area contributed by atoms with Crippen LogP contribution in [0.3, 0.4) is 0 Å². The van der Waals surface area contributed by atoms with Crippen LogP contribution in [0.25, 0.3) is 0 Å². The van der Waals surface area contributed by atoms with Crippen LogP contribution in [0, 0.1) is 0 Å². The number of carbonyl (C=O) groups is 2. The van der Waals surface area contributed by atoms with E-state index in [-0.39, 0.29) is 5.91 Å². The molecule has 2 aromatic rings. The molecule has 5 nitrogen and oxygen atoms in total. The van der Waals surface area contributed by atoms with Gasteiger partial charge < -0.3 is 0 Å². The van der Waals surface area contributed by atoms with E-state index in [1.54, 1.807) is 12.1 Å². The number of rotatable bonds is 3. The summed E-state index contributed by atoms with van der Waals surface area (Å²) in [5.74, 6) is -0.372. The molecular formula is C16H13N3O2. The van der Waals surface area contributed by atoms with Crippen molar-refractivity contribution < 1.29 is 9.59 Å². The van der Waals surface area contributed by atoms with Crippen molar-refractivity contribution in [1.29, 1.82) is 0 Å². The molecule has 1 N–H and O–H groups in total. The number of amides is 3. The highest BCUT2D eigenvalue weighted by molar-refractivity contribution is 6.21. The van der Waals surface area contributed by atoms with Gasteiger partial charge in [-0.15, -0.1) is 0 Å². The smallest absolute Gasteiger partial charge is 0.277 e. The second kappa shape index (κ2) is 5.58. The van der Waals surface area contributed by atoms with Gasteiger partial charge in [-0.05, 0) is 24.3 Å². The molecule has 2 aromatic carbocycles. The largest absolute Gasteiger partial charge is 0.329 e. The number of hydrogen-bond donors (Lipinski definition) is 1. The Morgan fingerprint density at radius 1 is 0.952 bits per heavy atom. The lowest BCUT2D eigenvalue weighted by molar-refractivity contribution is -0.118. The number of urea groups is 1. The third kappa shape index (κ3) is 2.67. The first kappa shape index (κ1) is 13.1. The summed E-state index contributed by atoms with van der Waals surface area (Å²) in [6, 6.07) is 17.2. The zero-order valence-corrected chi connectivity index (χ0v) is 11.1. The summed E-state index contributed by atoms with van der Waals surface area (Å²) < 4.78 is 0. The number of para-hydroxylation sites is 2.